The minimum absolute atomic E-state index is 0.0740. The number of carbonyl (C=O) groups is 2. The molecule has 6 heteroatoms. The lowest BCUT2D eigenvalue weighted by Gasteiger charge is -2.18. The molecule has 1 amide bonds. The zero-order valence-corrected chi connectivity index (χ0v) is 12.8. The number of hydrogen-bond acceptors (Lipinski definition) is 5. The molecular weight excluding hydrogens is 286 g/mol. The summed E-state index contributed by atoms with van der Waals surface area (Å²) >= 11 is 0. The highest BCUT2D eigenvalue weighted by Crippen LogP contribution is 2.12. The smallest absolute Gasteiger partial charge is 0.407 e. The first-order valence-corrected chi connectivity index (χ1v) is 6.98. The van der Waals surface area contributed by atoms with Gasteiger partial charge in [0, 0.05) is 12.6 Å². The largest absolute Gasteiger partial charge is 0.490 e. The molecule has 1 rings (SSSR count). The lowest BCUT2D eigenvalue weighted by atomic mass is 10.2. The van der Waals surface area contributed by atoms with Crippen LogP contribution in [0.4, 0.5) is 4.79 Å². The Labute approximate surface area is 130 Å². The maximum absolute atomic E-state index is 11.5. The SMILES string of the molecule is C=CC(=O)OCC(COc1ccc(C)cc1)OC(=O)NCC. The van der Waals surface area contributed by atoms with Gasteiger partial charge in [0.05, 0.1) is 0 Å². The number of amides is 1. The third kappa shape index (κ3) is 6.78. The van der Waals surface area contributed by atoms with Gasteiger partial charge in [0.15, 0.2) is 6.10 Å². The van der Waals surface area contributed by atoms with E-state index in [1.54, 1.807) is 6.92 Å². The first-order chi connectivity index (χ1) is 10.5. The lowest BCUT2D eigenvalue weighted by Crippen LogP contribution is -2.35. The molecule has 1 atom stereocenters. The fourth-order valence-corrected chi connectivity index (χ4v) is 1.51. The Balaban J connectivity index is 2.55. The number of aryl methyl sites for hydroxylation is 1. The topological polar surface area (TPSA) is 73.9 Å². The molecule has 0 fully saturated rings. The quantitative estimate of drug-likeness (QED) is 0.589. The molecule has 0 saturated heterocycles. The second-order valence-corrected chi connectivity index (χ2v) is 4.52. The van der Waals surface area contributed by atoms with Gasteiger partial charge in [0.25, 0.3) is 0 Å². The number of hydrogen-bond donors (Lipinski definition) is 1. The molecular formula is C16H21NO5. The van der Waals surface area contributed by atoms with Crippen LogP contribution in [0.1, 0.15) is 12.5 Å². The Morgan fingerprint density at radius 2 is 1.95 bits per heavy atom. The number of nitrogens with one attached hydrogen (secondary N) is 1. The number of alkyl carbamates (subject to hydrolysis) is 1. The fraction of sp³-hybridized carbons (Fsp3) is 0.375. The highest BCUT2D eigenvalue weighted by atomic mass is 16.6. The highest BCUT2D eigenvalue weighted by molar-refractivity contribution is 5.81. The maximum Gasteiger partial charge on any atom is 0.407 e. The lowest BCUT2D eigenvalue weighted by molar-refractivity contribution is -0.141. The molecule has 0 heterocycles. The zero-order valence-electron chi connectivity index (χ0n) is 12.8. The van der Waals surface area contributed by atoms with E-state index in [1.165, 1.54) is 0 Å². The normalized spacial score (nSPS) is 11.2. The van der Waals surface area contributed by atoms with E-state index < -0.39 is 18.2 Å². The third-order valence-corrected chi connectivity index (χ3v) is 2.63. The predicted molar refractivity (Wildman–Crippen MR) is 81.8 cm³/mol. The average Bonchev–Trinajstić information content (AvgIpc) is 2.51. The minimum Gasteiger partial charge on any atom is -0.490 e. The van der Waals surface area contributed by atoms with Crippen molar-refractivity contribution in [1.82, 2.24) is 5.32 Å². The minimum atomic E-state index is -0.711. The predicted octanol–water partition coefficient (Wildman–Crippen LogP) is 2.22. The van der Waals surface area contributed by atoms with Gasteiger partial charge in [-0.05, 0) is 26.0 Å². The van der Waals surface area contributed by atoms with Crippen molar-refractivity contribution in [3.8, 4) is 5.75 Å². The first-order valence-electron chi connectivity index (χ1n) is 6.98. The van der Waals surface area contributed by atoms with Gasteiger partial charge < -0.3 is 19.5 Å². The van der Waals surface area contributed by atoms with Crippen LogP contribution in [0.25, 0.3) is 0 Å². The van der Waals surface area contributed by atoms with Crippen LogP contribution < -0.4 is 10.1 Å². The van der Waals surface area contributed by atoms with Gasteiger partial charge in [-0.2, -0.15) is 0 Å². The van der Waals surface area contributed by atoms with E-state index in [1.807, 2.05) is 31.2 Å². The van der Waals surface area contributed by atoms with E-state index in [9.17, 15) is 9.59 Å². The molecule has 0 spiro atoms. The summed E-state index contributed by atoms with van der Waals surface area (Å²) in [6.07, 6.45) is -0.254. The molecule has 1 N–H and O–H groups in total. The molecule has 0 aliphatic heterocycles. The Morgan fingerprint density at radius 1 is 1.27 bits per heavy atom. The average molecular weight is 307 g/mol. The number of esters is 1. The number of ether oxygens (including phenoxy) is 3. The molecule has 0 saturated carbocycles. The van der Waals surface area contributed by atoms with E-state index in [4.69, 9.17) is 14.2 Å². The van der Waals surface area contributed by atoms with E-state index in [2.05, 4.69) is 11.9 Å². The molecule has 1 aromatic carbocycles. The van der Waals surface area contributed by atoms with E-state index >= 15 is 0 Å². The van der Waals surface area contributed by atoms with Crippen molar-refractivity contribution in [2.75, 3.05) is 19.8 Å². The molecule has 0 bridgehead atoms. The molecule has 0 aliphatic rings. The molecule has 1 unspecified atom stereocenters. The van der Waals surface area contributed by atoms with E-state index in [-0.39, 0.29) is 13.2 Å². The van der Waals surface area contributed by atoms with Gasteiger partial charge in [0.1, 0.15) is 19.0 Å². The molecule has 0 radical (unpaired) electrons. The number of rotatable bonds is 8. The van der Waals surface area contributed by atoms with Gasteiger partial charge in [-0.1, -0.05) is 24.3 Å². The van der Waals surface area contributed by atoms with Crippen molar-refractivity contribution in [2.24, 2.45) is 0 Å². The summed E-state index contributed by atoms with van der Waals surface area (Å²) in [6.45, 7) is 7.46. The van der Waals surface area contributed by atoms with Crippen molar-refractivity contribution >= 4 is 12.1 Å². The summed E-state index contributed by atoms with van der Waals surface area (Å²) in [5.41, 5.74) is 1.11. The van der Waals surface area contributed by atoms with Crippen LogP contribution in [0.15, 0.2) is 36.9 Å². The Bertz CT molecular complexity index is 498. The van der Waals surface area contributed by atoms with Gasteiger partial charge in [-0.3, -0.25) is 0 Å². The van der Waals surface area contributed by atoms with Crippen LogP contribution in [0.3, 0.4) is 0 Å². The maximum atomic E-state index is 11.5. The van der Waals surface area contributed by atoms with Crippen molar-refractivity contribution in [3.63, 3.8) is 0 Å². The fourth-order valence-electron chi connectivity index (χ4n) is 1.51. The van der Waals surface area contributed by atoms with Gasteiger partial charge in [-0.25, -0.2) is 9.59 Å². The van der Waals surface area contributed by atoms with Crippen LogP contribution in [0, 0.1) is 6.92 Å². The summed E-state index contributed by atoms with van der Waals surface area (Å²) in [5, 5.41) is 2.51. The summed E-state index contributed by atoms with van der Waals surface area (Å²) in [7, 11) is 0. The van der Waals surface area contributed by atoms with E-state index in [0.717, 1.165) is 11.6 Å². The monoisotopic (exact) mass is 307 g/mol. The number of benzene rings is 1. The first kappa shape index (κ1) is 17.6. The highest BCUT2D eigenvalue weighted by Gasteiger charge is 2.17. The second-order valence-electron chi connectivity index (χ2n) is 4.52. The van der Waals surface area contributed by atoms with Crippen LogP contribution >= 0.6 is 0 Å². The molecule has 0 aliphatic carbocycles. The summed E-state index contributed by atoms with van der Waals surface area (Å²) in [5.74, 6) is 0.0602. The standard InChI is InChI=1S/C16H21NO5/c1-4-15(18)21-11-14(22-16(19)17-5-2)10-20-13-8-6-12(3)7-9-13/h4,6-9,14H,1,5,10-11H2,2-3H3,(H,17,19). The second kappa shape index (κ2) is 9.44. The van der Waals surface area contributed by atoms with Crippen molar-refractivity contribution in [2.45, 2.75) is 20.0 Å². The molecule has 0 aromatic heterocycles. The van der Waals surface area contributed by atoms with Crippen LogP contribution in [0.2, 0.25) is 0 Å². The van der Waals surface area contributed by atoms with Crippen molar-refractivity contribution in [3.05, 3.63) is 42.5 Å². The Morgan fingerprint density at radius 3 is 2.55 bits per heavy atom. The Kier molecular flexibility index (Phi) is 7.53. The molecule has 22 heavy (non-hydrogen) atoms. The van der Waals surface area contributed by atoms with E-state index in [0.29, 0.717) is 12.3 Å². The van der Waals surface area contributed by atoms with Gasteiger partial charge in [-0.15, -0.1) is 0 Å². The summed E-state index contributed by atoms with van der Waals surface area (Å²) in [6, 6.07) is 7.45. The van der Waals surface area contributed by atoms with Crippen LogP contribution in [0.5, 0.6) is 5.75 Å². The Hall–Kier alpha value is -2.50. The zero-order chi connectivity index (χ0) is 16.4. The molecule has 120 valence electrons. The summed E-state index contributed by atoms with van der Waals surface area (Å²) < 4.78 is 15.6. The van der Waals surface area contributed by atoms with Crippen LogP contribution in [-0.4, -0.2) is 37.9 Å². The molecule has 6 nitrogen and oxygen atoms in total. The summed E-state index contributed by atoms with van der Waals surface area (Å²) in [4.78, 5) is 22.6. The van der Waals surface area contributed by atoms with Gasteiger partial charge >= 0.3 is 12.1 Å². The van der Waals surface area contributed by atoms with Gasteiger partial charge in [0.2, 0.25) is 0 Å². The van der Waals surface area contributed by atoms with Crippen molar-refractivity contribution in [1.29, 1.82) is 0 Å². The van der Waals surface area contributed by atoms with Crippen molar-refractivity contribution < 1.29 is 23.8 Å². The third-order valence-electron chi connectivity index (χ3n) is 2.63. The molecule has 1 aromatic rings. The van der Waals surface area contributed by atoms with Crippen LogP contribution in [-0.2, 0) is 14.3 Å². The number of carbonyl (C=O) groups excluding carboxylic acids is 2.